The maximum atomic E-state index is 13.4. The summed E-state index contributed by atoms with van der Waals surface area (Å²) in [4.78, 5) is 15.1. The van der Waals surface area contributed by atoms with Gasteiger partial charge in [0.1, 0.15) is 6.04 Å². The normalized spacial score (nSPS) is 17.5. The molecule has 0 saturated heterocycles. The number of carbonyl (C=O) groups is 1. The van der Waals surface area contributed by atoms with Crippen LogP contribution in [0.5, 0.6) is 0 Å². The van der Waals surface area contributed by atoms with Gasteiger partial charge in [-0.15, -0.1) is 0 Å². The van der Waals surface area contributed by atoms with Crippen molar-refractivity contribution in [2.24, 2.45) is 0 Å². The molecule has 144 valence electrons. The van der Waals surface area contributed by atoms with Crippen molar-refractivity contribution in [1.29, 1.82) is 0 Å². The Morgan fingerprint density at radius 3 is 2.33 bits per heavy atom. The van der Waals surface area contributed by atoms with E-state index in [2.05, 4.69) is 0 Å². The summed E-state index contributed by atoms with van der Waals surface area (Å²) in [6.45, 7) is 7.49. The molecule has 0 unspecified atom stereocenters. The van der Waals surface area contributed by atoms with Crippen molar-refractivity contribution in [1.82, 2.24) is 0 Å². The maximum absolute atomic E-state index is 13.4. The predicted molar refractivity (Wildman–Crippen MR) is 110 cm³/mol. The number of fused-ring (bicyclic) bond motifs is 1. The van der Waals surface area contributed by atoms with Gasteiger partial charge in [-0.3, -0.25) is 9.10 Å². The predicted octanol–water partition coefficient (Wildman–Crippen LogP) is 3.44. The van der Waals surface area contributed by atoms with Crippen LogP contribution < -0.4 is 9.21 Å². The SMILES string of the molecule is Cc1cc(C)cc(N([C@@H](C)C(=O)N2c3ccccc3C[C@@H]2C)S(C)(=O)=O)c1. The third-order valence-corrected chi connectivity index (χ3v) is 6.21. The van der Waals surface area contributed by atoms with Gasteiger partial charge in [-0.2, -0.15) is 0 Å². The first-order valence-electron chi connectivity index (χ1n) is 9.08. The van der Waals surface area contributed by atoms with Gasteiger partial charge >= 0.3 is 0 Å². The molecule has 1 aliphatic rings. The summed E-state index contributed by atoms with van der Waals surface area (Å²) in [5.74, 6) is -0.211. The van der Waals surface area contributed by atoms with E-state index >= 15 is 0 Å². The fraction of sp³-hybridized carbons (Fsp3) is 0.381. The van der Waals surface area contributed by atoms with E-state index in [0.29, 0.717) is 5.69 Å². The molecule has 5 nitrogen and oxygen atoms in total. The van der Waals surface area contributed by atoms with Crippen molar-refractivity contribution >= 4 is 27.3 Å². The lowest BCUT2D eigenvalue weighted by Gasteiger charge is -2.33. The van der Waals surface area contributed by atoms with Gasteiger partial charge in [0.25, 0.3) is 5.91 Å². The van der Waals surface area contributed by atoms with Gasteiger partial charge in [-0.05, 0) is 69.0 Å². The van der Waals surface area contributed by atoms with Crippen LogP contribution in [-0.4, -0.2) is 32.7 Å². The number of hydrogen-bond donors (Lipinski definition) is 0. The number of amides is 1. The average Bonchev–Trinajstić information content (AvgIpc) is 2.87. The second-order valence-electron chi connectivity index (χ2n) is 7.47. The second kappa shape index (κ2) is 7.00. The molecule has 2 aromatic rings. The van der Waals surface area contributed by atoms with Crippen LogP contribution in [0.25, 0.3) is 0 Å². The quantitative estimate of drug-likeness (QED) is 0.809. The molecule has 6 heteroatoms. The lowest BCUT2D eigenvalue weighted by molar-refractivity contribution is -0.119. The second-order valence-corrected chi connectivity index (χ2v) is 9.33. The van der Waals surface area contributed by atoms with Crippen LogP contribution in [0.2, 0.25) is 0 Å². The largest absolute Gasteiger partial charge is 0.307 e. The minimum atomic E-state index is -3.63. The van der Waals surface area contributed by atoms with Crippen molar-refractivity contribution in [2.45, 2.75) is 46.2 Å². The Labute approximate surface area is 161 Å². The summed E-state index contributed by atoms with van der Waals surface area (Å²) in [6, 6.07) is 12.6. The van der Waals surface area contributed by atoms with E-state index in [1.54, 1.807) is 24.0 Å². The molecule has 1 aliphatic heterocycles. The van der Waals surface area contributed by atoms with Gasteiger partial charge < -0.3 is 4.90 Å². The van der Waals surface area contributed by atoms with E-state index in [1.165, 1.54) is 4.31 Å². The first kappa shape index (κ1) is 19.4. The summed E-state index contributed by atoms with van der Waals surface area (Å²) in [6.07, 6.45) is 1.92. The molecule has 0 aliphatic carbocycles. The summed E-state index contributed by atoms with van der Waals surface area (Å²) in [7, 11) is -3.63. The molecule has 2 aromatic carbocycles. The highest BCUT2D eigenvalue weighted by Gasteiger charge is 2.37. The van der Waals surface area contributed by atoms with Crippen LogP contribution >= 0.6 is 0 Å². The Morgan fingerprint density at radius 1 is 1.15 bits per heavy atom. The summed E-state index contributed by atoms with van der Waals surface area (Å²) < 4.78 is 26.4. The molecule has 0 saturated carbocycles. The van der Waals surface area contributed by atoms with E-state index in [1.807, 2.05) is 51.1 Å². The number of benzene rings is 2. The number of carbonyl (C=O) groups excluding carboxylic acids is 1. The lowest BCUT2D eigenvalue weighted by Crippen LogP contribution is -2.51. The number of anilines is 2. The number of para-hydroxylation sites is 1. The molecule has 1 heterocycles. The van der Waals surface area contributed by atoms with Crippen LogP contribution in [0.3, 0.4) is 0 Å². The highest BCUT2D eigenvalue weighted by atomic mass is 32.2. The van der Waals surface area contributed by atoms with Crippen molar-refractivity contribution in [3.63, 3.8) is 0 Å². The number of sulfonamides is 1. The number of hydrogen-bond acceptors (Lipinski definition) is 3. The van der Waals surface area contributed by atoms with Gasteiger partial charge in [0.2, 0.25) is 10.0 Å². The Morgan fingerprint density at radius 2 is 1.74 bits per heavy atom. The molecule has 0 bridgehead atoms. The van der Waals surface area contributed by atoms with Gasteiger partial charge in [0.05, 0.1) is 11.9 Å². The smallest absolute Gasteiger partial charge is 0.250 e. The molecule has 0 aromatic heterocycles. The van der Waals surface area contributed by atoms with Crippen LogP contribution in [0.1, 0.15) is 30.5 Å². The van der Waals surface area contributed by atoms with Gasteiger partial charge in [-0.1, -0.05) is 24.3 Å². The zero-order valence-corrected chi connectivity index (χ0v) is 17.2. The number of nitrogens with zero attached hydrogens (tertiary/aromatic N) is 2. The molecule has 2 atom stereocenters. The maximum Gasteiger partial charge on any atom is 0.250 e. The van der Waals surface area contributed by atoms with E-state index in [0.717, 1.165) is 35.1 Å². The molecular formula is C21H26N2O3S. The third kappa shape index (κ3) is 3.72. The Kier molecular flexibility index (Phi) is 5.04. The molecule has 0 spiro atoms. The monoisotopic (exact) mass is 386 g/mol. The fourth-order valence-corrected chi connectivity index (χ4v) is 5.14. The van der Waals surface area contributed by atoms with Crippen LogP contribution in [0.4, 0.5) is 11.4 Å². The lowest BCUT2D eigenvalue weighted by atomic mass is 10.1. The molecule has 0 N–H and O–H groups in total. The standard InChI is InChI=1S/C21H26N2O3S/c1-14-10-15(2)12-19(11-14)23(27(5,25)26)17(4)21(24)22-16(3)13-18-8-6-7-9-20(18)22/h6-12,16-17H,13H2,1-5H3/t16-,17-/m0/s1. The summed E-state index contributed by atoms with van der Waals surface area (Å²) in [5, 5.41) is 0. The Hall–Kier alpha value is -2.34. The topological polar surface area (TPSA) is 57.7 Å². The van der Waals surface area contributed by atoms with Crippen molar-refractivity contribution in [3.05, 3.63) is 59.2 Å². The number of rotatable bonds is 4. The highest BCUT2D eigenvalue weighted by molar-refractivity contribution is 7.92. The highest BCUT2D eigenvalue weighted by Crippen LogP contribution is 2.34. The van der Waals surface area contributed by atoms with Crippen LogP contribution in [0, 0.1) is 13.8 Å². The van der Waals surface area contributed by atoms with Crippen LogP contribution in [0.15, 0.2) is 42.5 Å². The average molecular weight is 387 g/mol. The van der Waals surface area contributed by atoms with Gasteiger partial charge in [0, 0.05) is 11.7 Å². The van der Waals surface area contributed by atoms with E-state index in [9.17, 15) is 13.2 Å². The van der Waals surface area contributed by atoms with Crippen molar-refractivity contribution in [3.8, 4) is 0 Å². The third-order valence-electron chi connectivity index (χ3n) is 4.97. The van der Waals surface area contributed by atoms with Crippen molar-refractivity contribution in [2.75, 3.05) is 15.5 Å². The molecule has 0 fully saturated rings. The van der Waals surface area contributed by atoms with Gasteiger partial charge in [0.15, 0.2) is 0 Å². The minimum absolute atomic E-state index is 0.00185. The fourth-order valence-electron chi connectivity index (χ4n) is 3.98. The summed E-state index contributed by atoms with van der Waals surface area (Å²) in [5.41, 5.74) is 4.42. The Balaban J connectivity index is 2.02. The van der Waals surface area contributed by atoms with Crippen molar-refractivity contribution < 1.29 is 13.2 Å². The molecule has 1 amide bonds. The molecular weight excluding hydrogens is 360 g/mol. The number of aryl methyl sites for hydroxylation is 2. The molecule has 27 heavy (non-hydrogen) atoms. The zero-order chi connectivity index (χ0) is 19.9. The Bertz CT molecular complexity index is 964. The minimum Gasteiger partial charge on any atom is -0.307 e. The van der Waals surface area contributed by atoms with E-state index in [-0.39, 0.29) is 11.9 Å². The van der Waals surface area contributed by atoms with Crippen LogP contribution in [-0.2, 0) is 21.2 Å². The van der Waals surface area contributed by atoms with Gasteiger partial charge in [-0.25, -0.2) is 8.42 Å². The zero-order valence-electron chi connectivity index (χ0n) is 16.4. The van der Waals surface area contributed by atoms with E-state index < -0.39 is 16.1 Å². The molecule has 3 rings (SSSR count). The first-order valence-corrected chi connectivity index (χ1v) is 10.9. The first-order chi connectivity index (χ1) is 12.6. The summed E-state index contributed by atoms with van der Waals surface area (Å²) >= 11 is 0. The molecule has 0 radical (unpaired) electrons. The van der Waals surface area contributed by atoms with E-state index in [4.69, 9.17) is 0 Å².